The Morgan fingerprint density at radius 2 is 1.96 bits per heavy atom. The number of rotatable bonds is 8. The fraction of sp³-hybridized carbons (Fsp3) is 0.333. The predicted molar refractivity (Wildman–Crippen MR) is 115 cm³/mol. The minimum atomic E-state index is -0.575. The zero-order valence-corrected chi connectivity index (χ0v) is 18.5. The molecule has 5 nitrogen and oxygen atoms in total. The molecule has 0 bridgehead atoms. The largest absolute Gasteiger partial charge is 0.483 e. The molecule has 0 saturated carbocycles. The first-order chi connectivity index (χ1) is 13.4. The van der Waals surface area contributed by atoms with Gasteiger partial charge in [0.15, 0.2) is 6.61 Å². The van der Waals surface area contributed by atoms with Crippen LogP contribution in [0.2, 0.25) is 5.02 Å². The van der Waals surface area contributed by atoms with Crippen LogP contribution < -0.4 is 10.1 Å². The summed E-state index contributed by atoms with van der Waals surface area (Å²) < 4.78 is 6.35. The molecular formula is C21H24BrClN2O3. The van der Waals surface area contributed by atoms with E-state index in [1.807, 2.05) is 38.1 Å². The number of likely N-dealkylation sites (N-methyl/N-ethyl adjacent to an activating group) is 1. The van der Waals surface area contributed by atoms with E-state index < -0.39 is 6.04 Å². The first-order valence-corrected chi connectivity index (χ1v) is 10.2. The molecule has 7 heteroatoms. The van der Waals surface area contributed by atoms with E-state index in [1.54, 1.807) is 30.1 Å². The van der Waals surface area contributed by atoms with Gasteiger partial charge in [-0.25, -0.2) is 0 Å². The Labute approximate surface area is 179 Å². The standard InChI is InChI=1S/C21H24BrClN2O3/c1-4-18(21(27)24-3)25(12-15-8-6-5-7-14(15)2)20(26)13-28-19-10-9-16(23)11-17(19)22/h5-11,18H,4,12-13H2,1-3H3,(H,24,27)/t18-/m1/s1. The Morgan fingerprint density at radius 3 is 2.57 bits per heavy atom. The normalized spacial score (nSPS) is 11.6. The molecule has 0 heterocycles. The molecule has 0 saturated heterocycles. The molecule has 0 radical (unpaired) electrons. The topological polar surface area (TPSA) is 58.6 Å². The molecule has 2 aromatic rings. The minimum Gasteiger partial charge on any atom is -0.483 e. The van der Waals surface area contributed by atoms with E-state index >= 15 is 0 Å². The van der Waals surface area contributed by atoms with Crippen LogP contribution in [-0.2, 0) is 16.1 Å². The van der Waals surface area contributed by atoms with Crippen LogP contribution in [0.15, 0.2) is 46.9 Å². The lowest BCUT2D eigenvalue weighted by Crippen LogP contribution is -2.49. The highest BCUT2D eigenvalue weighted by Gasteiger charge is 2.28. The zero-order chi connectivity index (χ0) is 20.7. The zero-order valence-electron chi connectivity index (χ0n) is 16.2. The summed E-state index contributed by atoms with van der Waals surface area (Å²) in [7, 11) is 1.57. The number of ether oxygens (including phenoxy) is 1. The van der Waals surface area contributed by atoms with Crippen LogP contribution in [0.5, 0.6) is 5.75 Å². The van der Waals surface area contributed by atoms with Gasteiger partial charge in [0.2, 0.25) is 5.91 Å². The summed E-state index contributed by atoms with van der Waals surface area (Å²) in [5, 5.41) is 3.21. The third-order valence-electron chi connectivity index (χ3n) is 4.48. The molecule has 0 aliphatic carbocycles. The molecule has 1 N–H and O–H groups in total. The van der Waals surface area contributed by atoms with Crippen LogP contribution in [-0.4, -0.2) is 36.4 Å². The second kappa shape index (κ2) is 10.5. The number of amides is 2. The number of halogens is 2. The quantitative estimate of drug-likeness (QED) is 0.628. The van der Waals surface area contributed by atoms with Crippen molar-refractivity contribution in [3.8, 4) is 5.75 Å². The number of carbonyl (C=O) groups excluding carboxylic acids is 2. The molecular weight excluding hydrogens is 444 g/mol. The van der Waals surface area contributed by atoms with E-state index in [0.29, 0.717) is 28.2 Å². The minimum absolute atomic E-state index is 0.181. The number of nitrogens with zero attached hydrogens (tertiary/aromatic N) is 1. The molecule has 2 aromatic carbocycles. The monoisotopic (exact) mass is 466 g/mol. The van der Waals surface area contributed by atoms with Gasteiger partial charge < -0.3 is 15.0 Å². The van der Waals surface area contributed by atoms with Crippen LogP contribution in [0.3, 0.4) is 0 Å². The number of benzene rings is 2. The Kier molecular flexibility index (Phi) is 8.33. The second-order valence-electron chi connectivity index (χ2n) is 6.35. The molecule has 150 valence electrons. The number of nitrogens with one attached hydrogen (secondary N) is 1. The third kappa shape index (κ3) is 5.72. The number of hydrogen-bond donors (Lipinski definition) is 1. The van der Waals surface area contributed by atoms with Crippen molar-refractivity contribution in [3.05, 3.63) is 63.1 Å². The summed E-state index contributed by atoms with van der Waals surface area (Å²) in [5.41, 5.74) is 2.05. The third-order valence-corrected chi connectivity index (χ3v) is 5.33. The lowest BCUT2D eigenvalue weighted by atomic mass is 10.1. The van der Waals surface area contributed by atoms with Crippen LogP contribution in [0, 0.1) is 6.92 Å². The molecule has 1 atom stereocenters. The summed E-state index contributed by atoms with van der Waals surface area (Å²) in [4.78, 5) is 26.9. The van der Waals surface area contributed by atoms with Crippen molar-refractivity contribution in [2.75, 3.05) is 13.7 Å². The van der Waals surface area contributed by atoms with Crippen molar-refractivity contribution >= 4 is 39.3 Å². The average molecular weight is 468 g/mol. The molecule has 0 fully saturated rings. The number of aryl methyl sites for hydroxylation is 1. The summed E-state index contributed by atoms with van der Waals surface area (Å²) in [5.74, 6) is 0.0549. The van der Waals surface area contributed by atoms with Crippen LogP contribution in [0.1, 0.15) is 24.5 Å². The molecule has 0 spiro atoms. The SMILES string of the molecule is CC[C@H](C(=O)NC)N(Cc1ccccc1C)C(=O)COc1ccc(Cl)cc1Br. The fourth-order valence-electron chi connectivity index (χ4n) is 2.87. The van der Waals surface area contributed by atoms with Crippen molar-refractivity contribution in [3.63, 3.8) is 0 Å². The Hall–Kier alpha value is -2.05. The van der Waals surface area contributed by atoms with Gasteiger partial charge in [0, 0.05) is 18.6 Å². The first kappa shape index (κ1) is 22.2. The maximum absolute atomic E-state index is 13.0. The molecule has 28 heavy (non-hydrogen) atoms. The molecule has 0 unspecified atom stereocenters. The van der Waals surface area contributed by atoms with Crippen molar-refractivity contribution in [2.24, 2.45) is 0 Å². The Morgan fingerprint density at radius 1 is 1.25 bits per heavy atom. The molecule has 2 amide bonds. The first-order valence-electron chi connectivity index (χ1n) is 9.00. The molecule has 0 aliphatic heterocycles. The van der Waals surface area contributed by atoms with Crippen LogP contribution >= 0.6 is 27.5 Å². The second-order valence-corrected chi connectivity index (χ2v) is 7.64. The van der Waals surface area contributed by atoms with Gasteiger partial charge in [0.05, 0.1) is 4.47 Å². The van der Waals surface area contributed by atoms with E-state index in [1.165, 1.54) is 0 Å². The van der Waals surface area contributed by atoms with Gasteiger partial charge in [-0.15, -0.1) is 0 Å². The van der Waals surface area contributed by atoms with Crippen molar-refractivity contribution in [1.82, 2.24) is 10.2 Å². The number of hydrogen-bond acceptors (Lipinski definition) is 3. The van der Waals surface area contributed by atoms with Gasteiger partial charge in [0.25, 0.3) is 5.91 Å². The van der Waals surface area contributed by atoms with Gasteiger partial charge >= 0.3 is 0 Å². The molecule has 2 rings (SSSR count). The van der Waals surface area contributed by atoms with Crippen LogP contribution in [0.4, 0.5) is 0 Å². The van der Waals surface area contributed by atoms with E-state index in [2.05, 4.69) is 21.2 Å². The van der Waals surface area contributed by atoms with Crippen molar-refractivity contribution in [2.45, 2.75) is 32.9 Å². The van der Waals surface area contributed by atoms with Gasteiger partial charge in [-0.2, -0.15) is 0 Å². The summed E-state index contributed by atoms with van der Waals surface area (Å²) >= 11 is 9.32. The summed E-state index contributed by atoms with van der Waals surface area (Å²) in [6.45, 7) is 4.02. The highest BCUT2D eigenvalue weighted by atomic mass is 79.9. The van der Waals surface area contributed by atoms with Crippen molar-refractivity contribution in [1.29, 1.82) is 0 Å². The summed E-state index contributed by atoms with van der Waals surface area (Å²) in [6.07, 6.45) is 0.502. The van der Waals surface area contributed by atoms with E-state index in [9.17, 15) is 9.59 Å². The van der Waals surface area contributed by atoms with Gasteiger partial charge in [0.1, 0.15) is 11.8 Å². The Bertz CT molecular complexity index is 844. The van der Waals surface area contributed by atoms with Crippen molar-refractivity contribution < 1.29 is 14.3 Å². The van der Waals surface area contributed by atoms with E-state index in [4.69, 9.17) is 16.3 Å². The molecule has 0 aliphatic rings. The molecule has 0 aromatic heterocycles. The number of carbonyl (C=O) groups is 2. The summed E-state index contributed by atoms with van der Waals surface area (Å²) in [6, 6.07) is 12.3. The lowest BCUT2D eigenvalue weighted by Gasteiger charge is -2.30. The smallest absolute Gasteiger partial charge is 0.261 e. The van der Waals surface area contributed by atoms with E-state index in [0.717, 1.165) is 11.1 Å². The predicted octanol–water partition coefficient (Wildman–Crippen LogP) is 4.34. The Balaban J connectivity index is 2.22. The lowest BCUT2D eigenvalue weighted by molar-refractivity contribution is -0.142. The highest BCUT2D eigenvalue weighted by molar-refractivity contribution is 9.10. The highest BCUT2D eigenvalue weighted by Crippen LogP contribution is 2.28. The maximum atomic E-state index is 13.0. The van der Waals surface area contributed by atoms with Gasteiger partial charge in [-0.1, -0.05) is 42.8 Å². The van der Waals surface area contributed by atoms with Crippen LogP contribution in [0.25, 0.3) is 0 Å². The maximum Gasteiger partial charge on any atom is 0.261 e. The van der Waals surface area contributed by atoms with Gasteiger partial charge in [-0.05, 0) is 58.6 Å². The average Bonchev–Trinajstić information content (AvgIpc) is 2.68. The van der Waals surface area contributed by atoms with Gasteiger partial charge in [-0.3, -0.25) is 9.59 Å². The fourth-order valence-corrected chi connectivity index (χ4v) is 3.67. The van der Waals surface area contributed by atoms with E-state index in [-0.39, 0.29) is 18.4 Å².